The van der Waals surface area contributed by atoms with Gasteiger partial charge in [0.2, 0.25) is 0 Å². The van der Waals surface area contributed by atoms with Crippen molar-refractivity contribution >= 4 is 0 Å². The van der Waals surface area contributed by atoms with Crippen molar-refractivity contribution in [2.24, 2.45) is 17.8 Å². The van der Waals surface area contributed by atoms with Crippen LogP contribution < -0.4 is 0 Å². The van der Waals surface area contributed by atoms with Gasteiger partial charge < -0.3 is 10.0 Å². The Kier molecular flexibility index (Phi) is 4.87. The molecule has 2 aliphatic carbocycles. The zero-order valence-corrected chi connectivity index (χ0v) is 11.6. The van der Waals surface area contributed by atoms with E-state index in [4.69, 9.17) is 0 Å². The molecule has 2 saturated carbocycles. The Morgan fingerprint density at radius 3 is 2.47 bits per heavy atom. The minimum Gasteiger partial charge on any atom is -0.393 e. The van der Waals surface area contributed by atoms with Gasteiger partial charge in [-0.2, -0.15) is 0 Å². The number of hydrogen-bond acceptors (Lipinski definition) is 2. The second-order valence-electron chi connectivity index (χ2n) is 6.39. The van der Waals surface area contributed by atoms with Crippen molar-refractivity contribution in [1.82, 2.24) is 4.90 Å². The molecule has 2 fully saturated rings. The number of aliphatic hydroxyl groups excluding tert-OH is 1. The predicted octanol–water partition coefficient (Wildman–Crippen LogP) is 2.91. The molecule has 0 aromatic rings. The van der Waals surface area contributed by atoms with Crippen molar-refractivity contribution in [1.29, 1.82) is 0 Å². The molecule has 2 heteroatoms. The van der Waals surface area contributed by atoms with Crippen molar-refractivity contribution < 1.29 is 5.11 Å². The number of nitrogens with zero attached hydrogens (tertiary/aromatic N) is 1. The number of hydrogen-bond donors (Lipinski definition) is 1. The van der Waals surface area contributed by atoms with Gasteiger partial charge in [0.15, 0.2) is 0 Å². The molecule has 0 aromatic carbocycles. The van der Waals surface area contributed by atoms with Crippen LogP contribution in [0.5, 0.6) is 0 Å². The van der Waals surface area contributed by atoms with E-state index in [0.717, 1.165) is 31.3 Å². The van der Waals surface area contributed by atoms with Gasteiger partial charge in [-0.3, -0.25) is 0 Å². The molecular formula is C15H29NO. The first kappa shape index (κ1) is 13.4. The summed E-state index contributed by atoms with van der Waals surface area (Å²) in [6, 6.07) is 0. The zero-order valence-electron chi connectivity index (χ0n) is 11.6. The van der Waals surface area contributed by atoms with Crippen LogP contribution in [-0.4, -0.2) is 35.7 Å². The molecule has 0 radical (unpaired) electrons. The Morgan fingerprint density at radius 2 is 1.88 bits per heavy atom. The maximum absolute atomic E-state index is 10.1. The summed E-state index contributed by atoms with van der Waals surface area (Å²) in [5.74, 6) is 2.29. The minimum absolute atomic E-state index is 0.0401. The third-order valence-electron chi connectivity index (χ3n) is 4.89. The first-order chi connectivity index (χ1) is 8.19. The van der Waals surface area contributed by atoms with Crippen molar-refractivity contribution in [2.75, 3.05) is 19.6 Å². The lowest BCUT2D eigenvalue weighted by atomic mass is 9.79. The molecule has 0 aromatic heterocycles. The van der Waals surface area contributed by atoms with Crippen LogP contribution in [0, 0.1) is 17.8 Å². The Hall–Kier alpha value is -0.0800. The molecule has 3 atom stereocenters. The van der Waals surface area contributed by atoms with E-state index in [1.807, 2.05) is 0 Å². The van der Waals surface area contributed by atoms with Crippen LogP contribution in [0.3, 0.4) is 0 Å². The highest BCUT2D eigenvalue weighted by atomic mass is 16.3. The Bertz CT molecular complexity index is 227. The molecule has 2 nitrogen and oxygen atoms in total. The molecule has 0 spiro atoms. The lowest BCUT2D eigenvalue weighted by Gasteiger charge is -2.38. The van der Waals surface area contributed by atoms with E-state index in [0.29, 0.717) is 5.92 Å². The maximum atomic E-state index is 10.1. The highest BCUT2D eigenvalue weighted by Crippen LogP contribution is 2.31. The third-order valence-corrected chi connectivity index (χ3v) is 4.89. The van der Waals surface area contributed by atoms with E-state index >= 15 is 0 Å². The van der Waals surface area contributed by atoms with Gasteiger partial charge in [0, 0.05) is 13.1 Å². The molecule has 0 bridgehead atoms. The molecule has 0 heterocycles. The van der Waals surface area contributed by atoms with Gasteiger partial charge >= 0.3 is 0 Å². The highest BCUT2D eigenvalue weighted by Gasteiger charge is 2.29. The Labute approximate surface area is 106 Å². The number of aliphatic hydroxyl groups is 1. The van der Waals surface area contributed by atoms with E-state index in [9.17, 15) is 5.11 Å². The fourth-order valence-corrected chi connectivity index (χ4v) is 3.38. The summed E-state index contributed by atoms with van der Waals surface area (Å²) < 4.78 is 0. The zero-order chi connectivity index (χ0) is 12.3. The standard InChI is InChI=1S/C15H29NO/c1-3-16(10-13-5-4-6-13)11-14-9-12(2)7-8-15(14)17/h12-15,17H,3-11H2,1-2H3. The van der Waals surface area contributed by atoms with Crippen LogP contribution in [0.4, 0.5) is 0 Å². The summed E-state index contributed by atoms with van der Waals surface area (Å²) in [4.78, 5) is 2.58. The first-order valence-electron chi connectivity index (χ1n) is 7.59. The quantitative estimate of drug-likeness (QED) is 0.797. The second-order valence-corrected chi connectivity index (χ2v) is 6.39. The van der Waals surface area contributed by atoms with Crippen molar-refractivity contribution in [3.05, 3.63) is 0 Å². The number of rotatable bonds is 5. The van der Waals surface area contributed by atoms with Crippen molar-refractivity contribution in [3.8, 4) is 0 Å². The smallest absolute Gasteiger partial charge is 0.0580 e. The monoisotopic (exact) mass is 239 g/mol. The van der Waals surface area contributed by atoms with Crippen molar-refractivity contribution in [2.45, 2.75) is 58.5 Å². The minimum atomic E-state index is -0.0401. The molecule has 0 aliphatic heterocycles. The summed E-state index contributed by atoms with van der Waals surface area (Å²) in [6.07, 6.45) is 7.72. The van der Waals surface area contributed by atoms with E-state index in [-0.39, 0.29) is 6.10 Å². The van der Waals surface area contributed by atoms with Gasteiger partial charge in [-0.15, -0.1) is 0 Å². The Balaban J connectivity index is 1.79. The normalized spacial score (nSPS) is 34.9. The highest BCUT2D eigenvalue weighted by molar-refractivity contribution is 4.82. The fourth-order valence-electron chi connectivity index (χ4n) is 3.38. The van der Waals surface area contributed by atoms with E-state index < -0.39 is 0 Å². The topological polar surface area (TPSA) is 23.5 Å². The summed E-state index contributed by atoms with van der Waals surface area (Å²) in [5.41, 5.74) is 0. The van der Waals surface area contributed by atoms with Gasteiger partial charge in [0.25, 0.3) is 0 Å². The lowest BCUT2D eigenvalue weighted by molar-refractivity contribution is 0.0259. The Morgan fingerprint density at radius 1 is 1.12 bits per heavy atom. The van der Waals surface area contributed by atoms with Gasteiger partial charge in [-0.25, -0.2) is 0 Å². The third kappa shape index (κ3) is 3.69. The van der Waals surface area contributed by atoms with Gasteiger partial charge in [0.1, 0.15) is 0 Å². The van der Waals surface area contributed by atoms with E-state index in [1.54, 1.807) is 0 Å². The summed E-state index contributed by atoms with van der Waals surface area (Å²) in [5, 5.41) is 10.1. The van der Waals surface area contributed by atoms with E-state index in [2.05, 4.69) is 18.7 Å². The summed E-state index contributed by atoms with van der Waals surface area (Å²) in [7, 11) is 0. The lowest BCUT2D eigenvalue weighted by Crippen LogP contribution is -2.41. The largest absolute Gasteiger partial charge is 0.393 e. The average Bonchev–Trinajstić information content (AvgIpc) is 2.26. The van der Waals surface area contributed by atoms with Gasteiger partial charge in [-0.1, -0.05) is 20.3 Å². The molecule has 1 N–H and O–H groups in total. The van der Waals surface area contributed by atoms with Gasteiger partial charge in [-0.05, 0) is 56.4 Å². The molecule has 3 unspecified atom stereocenters. The SMILES string of the molecule is CCN(CC1CCC1)CC1CC(C)CCC1O. The summed E-state index contributed by atoms with van der Waals surface area (Å²) >= 11 is 0. The molecular weight excluding hydrogens is 210 g/mol. The molecule has 2 rings (SSSR count). The average molecular weight is 239 g/mol. The molecule has 0 amide bonds. The van der Waals surface area contributed by atoms with E-state index in [1.165, 1.54) is 38.6 Å². The fraction of sp³-hybridized carbons (Fsp3) is 1.00. The van der Waals surface area contributed by atoms with Crippen LogP contribution in [0.2, 0.25) is 0 Å². The molecule has 0 saturated heterocycles. The van der Waals surface area contributed by atoms with Crippen LogP contribution in [-0.2, 0) is 0 Å². The second kappa shape index (κ2) is 6.19. The van der Waals surface area contributed by atoms with Crippen molar-refractivity contribution in [3.63, 3.8) is 0 Å². The molecule has 100 valence electrons. The van der Waals surface area contributed by atoms with Crippen LogP contribution in [0.15, 0.2) is 0 Å². The first-order valence-corrected chi connectivity index (χ1v) is 7.59. The molecule has 17 heavy (non-hydrogen) atoms. The molecule has 2 aliphatic rings. The predicted molar refractivity (Wildman–Crippen MR) is 72.0 cm³/mol. The van der Waals surface area contributed by atoms with Crippen LogP contribution in [0.25, 0.3) is 0 Å². The van der Waals surface area contributed by atoms with Gasteiger partial charge in [0.05, 0.1) is 6.10 Å². The van der Waals surface area contributed by atoms with Crippen LogP contribution in [0.1, 0.15) is 52.4 Å². The maximum Gasteiger partial charge on any atom is 0.0580 e. The van der Waals surface area contributed by atoms with Crippen LogP contribution >= 0.6 is 0 Å². The summed E-state index contributed by atoms with van der Waals surface area (Å²) in [6.45, 7) is 8.14.